The number of aryl methyl sites for hydroxylation is 1. The van der Waals surface area contributed by atoms with E-state index >= 15 is 0 Å². The van der Waals surface area contributed by atoms with Crippen LogP contribution >= 0.6 is 0 Å². The lowest BCUT2D eigenvalue weighted by Gasteiger charge is -2.43. The fourth-order valence-electron chi connectivity index (χ4n) is 2.99. The molecule has 6 heteroatoms. The van der Waals surface area contributed by atoms with Crippen LogP contribution in [-0.2, 0) is 4.79 Å². The highest BCUT2D eigenvalue weighted by Gasteiger charge is 2.41. The van der Waals surface area contributed by atoms with Crippen molar-refractivity contribution < 1.29 is 19.2 Å². The Balaban J connectivity index is 2.26. The minimum Gasteiger partial charge on any atom is -0.481 e. The fraction of sp³-hybridized carbons (Fsp3) is 0.643. The molecule has 1 heterocycles. The van der Waals surface area contributed by atoms with Gasteiger partial charge in [0.1, 0.15) is 0 Å². The first-order valence-corrected chi connectivity index (χ1v) is 6.87. The molecular weight excluding hydrogens is 260 g/mol. The second-order valence-corrected chi connectivity index (χ2v) is 5.56. The zero-order valence-electron chi connectivity index (χ0n) is 11.9. The molecule has 1 fully saturated rings. The van der Waals surface area contributed by atoms with Crippen molar-refractivity contribution in [2.45, 2.75) is 51.0 Å². The smallest absolute Gasteiger partial charge is 0.305 e. The molecule has 110 valence electrons. The zero-order chi connectivity index (χ0) is 14.8. The third-order valence-electron chi connectivity index (χ3n) is 4.22. The molecule has 0 aromatic carbocycles. The van der Waals surface area contributed by atoms with Gasteiger partial charge in [0, 0.05) is 12.6 Å². The van der Waals surface area contributed by atoms with Gasteiger partial charge in [0.25, 0.3) is 5.91 Å². The number of aliphatic carboxylic acids is 1. The van der Waals surface area contributed by atoms with Crippen LogP contribution in [0.5, 0.6) is 0 Å². The predicted molar refractivity (Wildman–Crippen MR) is 71.4 cm³/mol. The van der Waals surface area contributed by atoms with Crippen LogP contribution in [0.15, 0.2) is 10.7 Å². The number of amides is 1. The van der Waals surface area contributed by atoms with E-state index < -0.39 is 11.5 Å². The van der Waals surface area contributed by atoms with Gasteiger partial charge in [-0.25, -0.2) is 0 Å². The molecule has 6 nitrogen and oxygen atoms in total. The number of carbonyl (C=O) groups excluding carboxylic acids is 1. The third kappa shape index (κ3) is 2.69. The number of nitrogens with zero attached hydrogens (tertiary/aromatic N) is 2. The summed E-state index contributed by atoms with van der Waals surface area (Å²) < 4.78 is 5.00. The van der Waals surface area contributed by atoms with Gasteiger partial charge < -0.3 is 14.5 Å². The summed E-state index contributed by atoms with van der Waals surface area (Å²) in [4.78, 5) is 25.2. The lowest BCUT2D eigenvalue weighted by atomic mass is 9.78. The molecule has 0 radical (unpaired) electrons. The fourth-order valence-corrected chi connectivity index (χ4v) is 2.99. The number of carboxylic acids is 1. The monoisotopic (exact) mass is 280 g/mol. The van der Waals surface area contributed by atoms with Crippen molar-refractivity contribution in [1.82, 2.24) is 10.1 Å². The van der Waals surface area contributed by atoms with Crippen LogP contribution in [0.25, 0.3) is 0 Å². The highest BCUT2D eigenvalue weighted by Crippen LogP contribution is 2.36. The summed E-state index contributed by atoms with van der Waals surface area (Å²) in [6.45, 7) is 1.75. The Kier molecular flexibility index (Phi) is 4.11. The van der Waals surface area contributed by atoms with Gasteiger partial charge in [0.2, 0.25) is 5.76 Å². The van der Waals surface area contributed by atoms with Gasteiger partial charge in [-0.05, 0) is 19.8 Å². The van der Waals surface area contributed by atoms with Gasteiger partial charge in [-0.2, -0.15) is 0 Å². The van der Waals surface area contributed by atoms with Crippen molar-refractivity contribution in [3.05, 3.63) is 17.5 Å². The van der Waals surface area contributed by atoms with Gasteiger partial charge >= 0.3 is 5.97 Å². The highest BCUT2D eigenvalue weighted by atomic mass is 16.5. The van der Waals surface area contributed by atoms with Crippen LogP contribution in [0.1, 0.15) is 54.6 Å². The summed E-state index contributed by atoms with van der Waals surface area (Å²) in [5.41, 5.74) is 0.0589. The minimum atomic E-state index is -0.874. The Morgan fingerprint density at radius 1 is 1.40 bits per heavy atom. The van der Waals surface area contributed by atoms with Crippen LogP contribution in [0.3, 0.4) is 0 Å². The Hall–Kier alpha value is -1.85. The van der Waals surface area contributed by atoms with E-state index in [1.165, 1.54) is 6.20 Å². The topological polar surface area (TPSA) is 83.6 Å². The first-order valence-electron chi connectivity index (χ1n) is 6.87. The summed E-state index contributed by atoms with van der Waals surface area (Å²) in [6, 6.07) is 0. The normalized spacial score (nSPS) is 17.7. The first-order chi connectivity index (χ1) is 9.46. The number of carboxylic acid groups (broad SMARTS) is 1. The molecule has 1 aliphatic rings. The molecule has 1 aliphatic carbocycles. The first kappa shape index (κ1) is 14.6. The Morgan fingerprint density at radius 3 is 2.55 bits per heavy atom. The van der Waals surface area contributed by atoms with E-state index in [-0.39, 0.29) is 18.1 Å². The number of aromatic nitrogens is 1. The standard InChI is InChI=1S/C14H20N2O4/c1-10-9-15-20-12(10)13(19)16(2)14(8-11(17)18)6-4-3-5-7-14/h9H,3-8H2,1-2H3,(H,17,18). The maximum atomic E-state index is 12.5. The van der Waals surface area contributed by atoms with E-state index in [1.54, 1.807) is 18.9 Å². The lowest BCUT2D eigenvalue weighted by Crippen LogP contribution is -2.52. The summed E-state index contributed by atoms with van der Waals surface area (Å²) in [5.74, 6) is -0.966. The second-order valence-electron chi connectivity index (χ2n) is 5.56. The molecule has 2 rings (SSSR count). The lowest BCUT2D eigenvalue weighted by molar-refractivity contribution is -0.140. The minimum absolute atomic E-state index is 0.0254. The van der Waals surface area contributed by atoms with Crippen molar-refractivity contribution in [3.63, 3.8) is 0 Å². The van der Waals surface area contributed by atoms with Crippen molar-refractivity contribution in [3.8, 4) is 0 Å². The number of carbonyl (C=O) groups is 2. The average Bonchev–Trinajstić information content (AvgIpc) is 2.83. The number of hydrogen-bond acceptors (Lipinski definition) is 4. The van der Waals surface area contributed by atoms with Crippen LogP contribution in [0, 0.1) is 6.92 Å². The van der Waals surface area contributed by atoms with Crippen LogP contribution in [-0.4, -0.2) is 39.6 Å². The van der Waals surface area contributed by atoms with Gasteiger partial charge in [0.15, 0.2) is 0 Å². The summed E-state index contributed by atoms with van der Waals surface area (Å²) in [6.07, 6.45) is 5.88. The molecule has 0 saturated heterocycles. The molecule has 0 unspecified atom stereocenters. The van der Waals surface area contributed by atoms with Gasteiger partial charge in [-0.1, -0.05) is 24.4 Å². The summed E-state index contributed by atoms with van der Waals surface area (Å²) in [7, 11) is 1.67. The molecule has 1 aromatic rings. The molecule has 1 saturated carbocycles. The molecule has 1 amide bonds. The summed E-state index contributed by atoms with van der Waals surface area (Å²) >= 11 is 0. The van der Waals surface area contributed by atoms with Crippen LogP contribution in [0.4, 0.5) is 0 Å². The van der Waals surface area contributed by atoms with Gasteiger partial charge in [-0.15, -0.1) is 0 Å². The van der Waals surface area contributed by atoms with Crippen molar-refractivity contribution in [1.29, 1.82) is 0 Å². The predicted octanol–water partition coefficient (Wildman–Crippen LogP) is 2.23. The third-order valence-corrected chi connectivity index (χ3v) is 4.22. The Labute approximate surface area is 117 Å². The number of rotatable bonds is 4. The molecule has 0 atom stereocenters. The largest absolute Gasteiger partial charge is 0.481 e. The SMILES string of the molecule is Cc1cnoc1C(=O)N(C)C1(CC(=O)O)CCCCC1. The average molecular weight is 280 g/mol. The number of hydrogen-bond donors (Lipinski definition) is 1. The Bertz CT molecular complexity index is 503. The highest BCUT2D eigenvalue weighted by molar-refractivity contribution is 5.93. The van der Waals surface area contributed by atoms with E-state index in [9.17, 15) is 14.7 Å². The molecule has 0 bridgehead atoms. The molecule has 1 aromatic heterocycles. The quantitative estimate of drug-likeness (QED) is 0.914. The van der Waals surface area contributed by atoms with E-state index in [1.807, 2.05) is 0 Å². The van der Waals surface area contributed by atoms with Crippen molar-refractivity contribution >= 4 is 11.9 Å². The molecule has 1 N–H and O–H groups in total. The van der Waals surface area contributed by atoms with E-state index in [4.69, 9.17) is 4.52 Å². The second kappa shape index (κ2) is 5.64. The molecule has 0 spiro atoms. The molecule has 20 heavy (non-hydrogen) atoms. The van der Waals surface area contributed by atoms with E-state index in [2.05, 4.69) is 5.16 Å². The van der Waals surface area contributed by atoms with E-state index in [0.717, 1.165) is 19.3 Å². The van der Waals surface area contributed by atoms with Crippen molar-refractivity contribution in [2.75, 3.05) is 7.05 Å². The van der Waals surface area contributed by atoms with E-state index in [0.29, 0.717) is 18.4 Å². The van der Waals surface area contributed by atoms with Gasteiger partial charge in [-0.3, -0.25) is 9.59 Å². The van der Waals surface area contributed by atoms with Crippen LogP contribution in [0.2, 0.25) is 0 Å². The maximum absolute atomic E-state index is 12.5. The Morgan fingerprint density at radius 2 is 2.05 bits per heavy atom. The molecule has 0 aliphatic heterocycles. The van der Waals surface area contributed by atoms with Crippen molar-refractivity contribution in [2.24, 2.45) is 0 Å². The molecular formula is C14H20N2O4. The van der Waals surface area contributed by atoms with Crippen LogP contribution < -0.4 is 0 Å². The zero-order valence-corrected chi connectivity index (χ0v) is 11.9. The maximum Gasteiger partial charge on any atom is 0.305 e. The van der Waals surface area contributed by atoms with Gasteiger partial charge in [0.05, 0.1) is 18.2 Å². The summed E-state index contributed by atoms with van der Waals surface area (Å²) in [5, 5.41) is 12.8.